The van der Waals surface area contributed by atoms with Gasteiger partial charge in [0.15, 0.2) is 5.96 Å². The quantitative estimate of drug-likeness (QED) is 0.598. The van der Waals surface area contributed by atoms with E-state index in [2.05, 4.69) is 63.7 Å². The minimum absolute atomic E-state index is 0.668. The fourth-order valence-corrected chi connectivity index (χ4v) is 3.23. The SMILES string of the molecule is CCNC(=NCc1sc(C)nc1C)NCCN(C)c1ccccc1. The van der Waals surface area contributed by atoms with E-state index in [-0.39, 0.29) is 0 Å². The van der Waals surface area contributed by atoms with E-state index >= 15 is 0 Å². The number of aliphatic imine (C=N–C) groups is 1. The molecule has 2 N–H and O–H groups in total. The van der Waals surface area contributed by atoms with Gasteiger partial charge in [-0.25, -0.2) is 9.98 Å². The monoisotopic (exact) mass is 345 g/mol. The number of hydrogen-bond acceptors (Lipinski definition) is 4. The highest BCUT2D eigenvalue weighted by molar-refractivity contribution is 7.11. The normalized spacial score (nSPS) is 11.4. The Hall–Kier alpha value is -2.08. The van der Waals surface area contributed by atoms with Gasteiger partial charge >= 0.3 is 0 Å². The lowest BCUT2D eigenvalue weighted by molar-refractivity contribution is 0.781. The molecule has 5 nitrogen and oxygen atoms in total. The summed E-state index contributed by atoms with van der Waals surface area (Å²) < 4.78 is 0. The van der Waals surface area contributed by atoms with Crippen molar-refractivity contribution in [1.82, 2.24) is 15.6 Å². The molecule has 0 radical (unpaired) electrons. The zero-order chi connectivity index (χ0) is 17.4. The van der Waals surface area contributed by atoms with Gasteiger partial charge in [-0.3, -0.25) is 0 Å². The molecule has 0 unspecified atom stereocenters. The second-order valence-corrected chi connectivity index (χ2v) is 6.91. The van der Waals surface area contributed by atoms with Crippen molar-refractivity contribution in [3.63, 3.8) is 0 Å². The Balaban J connectivity index is 1.86. The highest BCUT2D eigenvalue weighted by atomic mass is 32.1. The predicted octanol–water partition coefficient (Wildman–Crippen LogP) is 2.95. The average Bonchev–Trinajstić information content (AvgIpc) is 2.91. The van der Waals surface area contributed by atoms with Gasteiger partial charge in [0.1, 0.15) is 0 Å². The molecule has 6 heteroatoms. The molecule has 0 amide bonds. The maximum absolute atomic E-state index is 4.67. The largest absolute Gasteiger partial charge is 0.373 e. The van der Waals surface area contributed by atoms with Gasteiger partial charge in [0.2, 0.25) is 0 Å². The number of aryl methyl sites for hydroxylation is 2. The molecular weight excluding hydrogens is 318 g/mol. The van der Waals surface area contributed by atoms with Crippen LogP contribution in [0.15, 0.2) is 35.3 Å². The summed E-state index contributed by atoms with van der Waals surface area (Å²) in [6.07, 6.45) is 0. The maximum Gasteiger partial charge on any atom is 0.191 e. The minimum Gasteiger partial charge on any atom is -0.373 e. The number of anilines is 1. The van der Waals surface area contributed by atoms with Crippen LogP contribution in [0.2, 0.25) is 0 Å². The lowest BCUT2D eigenvalue weighted by Crippen LogP contribution is -2.41. The number of thiazole rings is 1. The molecule has 1 aromatic carbocycles. The topological polar surface area (TPSA) is 52.6 Å². The van der Waals surface area contributed by atoms with Crippen LogP contribution in [0.5, 0.6) is 0 Å². The molecule has 2 aromatic rings. The third-order valence-electron chi connectivity index (χ3n) is 3.66. The van der Waals surface area contributed by atoms with Gasteiger partial charge in [0.25, 0.3) is 0 Å². The number of nitrogens with zero attached hydrogens (tertiary/aromatic N) is 3. The summed E-state index contributed by atoms with van der Waals surface area (Å²) in [5.74, 6) is 0.851. The van der Waals surface area contributed by atoms with Crippen molar-refractivity contribution >= 4 is 23.0 Å². The number of nitrogens with one attached hydrogen (secondary N) is 2. The third kappa shape index (κ3) is 5.53. The van der Waals surface area contributed by atoms with E-state index in [1.54, 1.807) is 11.3 Å². The van der Waals surface area contributed by atoms with Crippen LogP contribution in [0.3, 0.4) is 0 Å². The molecule has 0 bridgehead atoms. The van der Waals surface area contributed by atoms with Crippen LogP contribution < -0.4 is 15.5 Å². The van der Waals surface area contributed by atoms with Gasteiger partial charge in [-0.1, -0.05) is 18.2 Å². The predicted molar refractivity (Wildman–Crippen MR) is 104 cm³/mol. The molecule has 0 saturated heterocycles. The standard InChI is InChI=1S/C18H27N5S/c1-5-19-18(21-13-17-14(2)22-15(3)24-17)20-11-12-23(4)16-9-7-6-8-10-16/h6-10H,5,11-13H2,1-4H3,(H2,19,20,21). The summed E-state index contributed by atoms with van der Waals surface area (Å²) in [5, 5.41) is 7.79. The van der Waals surface area contributed by atoms with Gasteiger partial charge in [0, 0.05) is 37.2 Å². The Morgan fingerprint density at radius 1 is 1.21 bits per heavy atom. The van der Waals surface area contributed by atoms with Gasteiger partial charge in [-0.05, 0) is 32.9 Å². The van der Waals surface area contributed by atoms with Gasteiger partial charge in [-0.2, -0.15) is 0 Å². The highest BCUT2D eigenvalue weighted by Gasteiger charge is 2.05. The molecular formula is C18H27N5S. The van der Waals surface area contributed by atoms with Crippen LogP contribution in [-0.4, -0.2) is 37.6 Å². The molecule has 2 rings (SSSR count). The number of guanidine groups is 1. The van der Waals surface area contributed by atoms with Crippen molar-refractivity contribution in [3.8, 4) is 0 Å². The van der Waals surface area contributed by atoms with Crippen LogP contribution >= 0.6 is 11.3 Å². The third-order valence-corrected chi connectivity index (χ3v) is 4.72. The molecule has 24 heavy (non-hydrogen) atoms. The van der Waals surface area contributed by atoms with Crippen LogP contribution in [0, 0.1) is 13.8 Å². The molecule has 0 fully saturated rings. The first kappa shape index (κ1) is 18.3. The highest BCUT2D eigenvalue weighted by Crippen LogP contribution is 2.17. The first-order valence-electron chi connectivity index (χ1n) is 8.31. The maximum atomic E-state index is 4.67. The summed E-state index contributed by atoms with van der Waals surface area (Å²) in [6.45, 7) is 9.42. The van der Waals surface area contributed by atoms with E-state index in [9.17, 15) is 0 Å². The molecule has 0 saturated carbocycles. The Labute approximate surface area is 148 Å². The second kappa shape index (κ2) is 9.27. The van der Waals surface area contributed by atoms with E-state index in [4.69, 9.17) is 0 Å². The zero-order valence-electron chi connectivity index (χ0n) is 15.0. The smallest absolute Gasteiger partial charge is 0.191 e. The molecule has 1 heterocycles. The molecule has 0 aliphatic carbocycles. The summed E-state index contributed by atoms with van der Waals surface area (Å²) in [7, 11) is 2.10. The van der Waals surface area contributed by atoms with E-state index in [1.807, 2.05) is 19.9 Å². The minimum atomic E-state index is 0.668. The van der Waals surface area contributed by atoms with Crippen LogP contribution in [0.1, 0.15) is 22.5 Å². The number of benzene rings is 1. The first-order chi connectivity index (χ1) is 11.6. The van der Waals surface area contributed by atoms with Crippen molar-refractivity contribution in [3.05, 3.63) is 45.9 Å². The summed E-state index contributed by atoms with van der Waals surface area (Å²) in [6, 6.07) is 10.4. The fraction of sp³-hybridized carbons (Fsp3) is 0.444. The lowest BCUT2D eigenvalue weighted by atomic mass is 10.3. The van der Waals surface area contributed by atoms with Gasteiger partial charge < -0.3 is 15.5 Å². The second-order valence-electron chi connectivity index (χ2n) is 5.62. The van der Waals surface area contributed by atoms with E-state index < -0.39 is 0 Å². The summed E-state index contributed by atoms with van der Waals surface area (Å²) in [4.78, 5) is 12.6. The van der Waals surface area contributed by atoms with Crippen molar-refractivity contribution in [2.24, 2.45) is 4.99 Å². The Morgan fingerprint density at radius 3 is 2.58 bits per heavy atom. The van der Waals surface area contributed by atoms with E-state index in [0.717, 1.165) is 36.3 Å². The van der Waals surface area contributed by atoms with Crippen LogP contribution in [-0.2, 0) is 6.54 Å². The number of aromatic nitrogens is 1. The Bertz CT molecular complexity index is 651. The number of likely N-dealkylation sites (N-methyl/N-ethyl adjacent to an activating group) is 1. The molecule has 130 valence electrons. The zero-order valence-corrected chi connectivity index (χ0v) is 15.8. The van der Waals surface area contributed by atoms with Crippen LogP contribution in [0.4, 0.5) is 5.69 Å². The number of hydrogen-bond donors (Lipinski definition) is 2. The van der Waals surface area contributed by atoms with Crippen molar-refractivity contribution in [2.75, 3.05) is 31.6 Å². The van der Waals surface area contributed by atoms with Gasteiger partial charge in [0.05, 0.1) is 17.2 Å². The van der Waals surface area contributed by atoms with E-state index in [1.165, 1.54) is 10.6 Å². The average molecular weight is 346 g/mol. The number of rotatable bonds is 7. The van der Waals surface area contributed by atoms with Crippen LogP contribution in [0.25, 0.3) is 0 Å². The molecule has 0 spiro atoms. The molecule has 0 aliphatic heterocycles. The summed E-state index contributed by atoms with van der Waals surface area (Å²) in [5.41, 5.74) is 2.30. The number of para-hydroxylation sites is 1. The molecule has 0 aliphatic rings. The van der Waals surface area contributed by atoms with Crippen molar-refractivity contribution < 1.29 is 0 Å². The van der Waals surface area contributed by atoms with Crippen molar-refractivity contribution in [1.29, 1.82) is 0 Å². The Morgan fingerprint density at radius 2 is 1.96 bits per heavy atom. The van der Waals surface area contributed by atoms with Gasteiger partial charge in [-0.15, -0.1) is 11.3 Å². The summed E-state index contributed by atoms with van der Waals surface area (Å²) >= 11 is 1.72. The fourth-order valence-electron chi connectivity index (χ4n) is 2.37. The molecule has 1 aromatic heterocycles. The molecule has 0 atom stereocenters. The van der Waals surface area contributed by atoms with E-state index in [0.29, 0.717) is 6.54 Å². The lowest BCUT2D eigenvalue weighted by Gasteiger charge is -2.20. The Kier molecular flexibility index (Phi) is 7.06. The van der Waals surface area contributed by atoms with Crippen molar-refractivity contribution in [2.45, 2.75) is 27.3 Å². The first-order valence-corrected chi connectivity index (χ1v) is 9.13.